The van der Waals surface area contributed by atoms with E-state index in [0.717, 1.165) is 53.2 Å². The van der Waals surface area contributed by atoms with Crippen LogP contribution in [0.1, 0.15) is 45.1 Å². The molecule has 0 aromatic heterocycles. The second kappa shape index (κ2) is 15.8. The van der Waals surface area contributed by atoms with Crippen molar-refractivity contribution < 1.29 is 19.0 Å². The number of methoxy groups -OCH3 is 2. The van der Waals surface area contributed by atoms with Gasteiger partial charge in [0.15, 0.2) is 11.5 Å². The van der Waals surface area contributed by atoms with Crippen molar-refractivity contribution in [2.75, 3.05) is 38.9 Å². The Hall–Kier alpha value is -0.993. The number of thioether (sulfide) groups is 2. The number of nitrogens with one attached hydrogen (secondary N) is 1. The summed E-state index contributed by atoms with van der Waals surface area (Å²) >= 11 is 3.73. The van der Waals surface area contributed by atoms with Crippen LogP contribution in [0.2, 0.25) is 25.7 Å². The maximum Gasteiger partial charge on any atom is 0.407 e. The third-order valence-electron chi connectivity index (χ3n) is 4.89. The Morgan fingerprint density at radius 1 is 1.00 bits per heavy atom. The molecule has 5 nitrogen and oxygen atoms in total. The number of alkyl carbamates (subject to hydrolysis) is 1. The van der Waals surface area contributed by atoms with E-state index in [1.54, 1.807) is 14.2 Å². The molecule has 0 saturated carbocycles. The standard InChI is InChI=1S/C24H43NO4S2Si/c1-8-10-15-30-22-19(12-13-25-24(26)29-14-17-32(5,6)7)18-20(27-3)21(28-4)23(22)31-16-11-9-2/h18H,8-17H2,1-7H3,(H,25,26). The number of carbonyl (C=O) groups is 1. The summed E-state index contributed by atoms with van der Waals surface area (Å²) in [5, 5.41) is 2.92. The molecule has 1 aromatic rings. The van der Waals surface area contributed by atoms with Crippen LogP contribution in [0.15, 0.2) is 15.9 Å². The Morgan fingerprint density at radius 3 is 2.16 bits per heavy atom. The molecule has 1 N–H and O–H groups in total. The average molecular weight is 502 g/mol. The van der Waals surface area contributed by atoms with Gasteiger partial charge < -0.3 is 19.5 Å². The topological polar surface area (TPSA) is 56.8 Å². The highest BCUT2D eigenvalue weighted by Gasteiger charge is 2.21. The number of carbonyl (C=O) groups excluding carboxylic acids is 1. The van der Waals surface area contributed by atoms with Gasteiger partial charge in [0, 0.05) is 19.5 Å². The van der Waals surface area contributed by atoms with Crippen molar-refractivity contribution >= 4 is 37.7 Å². The van der Waals surface area contributed by atoms with E-state index in [-0.39, 0.29) is 6.09 Å². The molecule has 0 aliphatic carbocycles. The normalized spacial score (nSPS) is 11.3. The monoisotopic (exact) mass is 501 g/mol. The zero-order valence-corrected chi connectivity index (χ0v) is 23.7. The van der Waals surface area contributed by atoms with Crippen LogP contribution >= 0.6 is 23.5 Å². The summed E-state index contributed by atoms with van der Waals surface area (Å²) < 4.78 is 16.8. The average Bonchev–Trinajstić information content (AvgIpc) is 2.74. The van der Waals surface area contributed by atoms with E-state index in [4.69, 9.17) is 14.2 Å². The fraction of sp³-hybridized carbons (Fsp3) is 0.708. The summed E-state index contributed by atoms with van der Waals surface area (Å²) in [5.74, 6) is 3.67. The van der Waals surface area contributed by atoms with Gasteiger partial charge >= 0.3 is 6.09 Å². The summed E-state index contributed by atoms with van der Waals surface area (Å²) in [4.78, 5) is 14.5. The van der Waals surface area contributed by atoms with Crippen LogP contribution in [-0.2, 0) is 11.2 Å². The summed E-state index contributed by atoms with van der Waals surface area (Å²) in [6.45, 7) is 12.3. The van der Waals surface area contributed by atoms with Crippen molar-refractivity contribution in [2.45, 2.75) is 81.4 Å². The molecule has 0 atom stereocenters. The second-order valence-corrected chi connectivity index (χ2v) is 16.8. The number of unbranched alkanes of at least 4 members (excludes halogenated alkanes) is 2. The lowest BCUT2D eigenvalue weighted by Gasteiger charge is -2.20. The first-order valence-electron chi connectivity index (χ1n) is 11.7. The Bertz CT molecular complexity index is 696. The van der Waals surface area contributed by atoms with E-state index in [0.29, 0.717) is 13.2 Å². The second-order valence-electron chi connectivity index (χ2n) is 8.96. The van der Waals surface area contributed by atoms with E-state index in [9.17, 15) is 4.79 Å². The molecule has 8 heteroatoms. The zero-order chi connectivity index (χ0) is 24.0. The smallest absolute Gasteiger partial charge is 0.407 e. The number of hydrogen-bond donors (Lipinski definition) is 1. The minimum Gasteiger partial charge on any atom is -0.493 e. The van der Waals surface area contributed by atoms with Gasteiger partial charge in [-0.15, -0.1) is 23.5 Å². The molecule has 1 aromatic carbocycles. The van der Waals surface area contributed by atoms with Gasteiger partial charge in [0.05, 0.1) is 25.7 Å². The van der Waals surface area contributed by atoms with Gasteiger partial charge in [-0.25, -0.2) is 4.79 Å². The van der Waals surface area contributed by atoms with Crippen LogP contribution in [0.3, 0.4) is 0 Å². The molecule has 0 fully saturated rings. The van der Waals surface area contributed by atoms with Gasteiger partial charge in [0.25, 0.3) is 0 Å². The van der Waals surface area contributed by atoms with E-state index >= 15 is 0 Å². The van der Waals surface area contributed by atoms with Crippen molar-refractivity contribution in [1.29, 1.82) is 0 Å². The van der Waals surface area contributed by atoms with Crippen molar-refractivity contribution in [3.63, 3.8) is 0 Å². The minimum atomic E-state index is -1.21. The van der Waals surface area contributed by atoms with Crippen molar-refractivity contribution in [1.82, 2.24) is 5.32 Å². The van der Waals surface area contributed by atoms with Gasteiger partial charge in [-0.2, -0.15) is 0 Å². The van der Waals surface area contributed by atoms with Gasteiger partial charge in [-0.1, -0.05) is 46.3 Å². The van der Waals surface area contributed by atoms with Crippen molar-refractivity contribution in [3.8, 4) is 11.5 Å². The molecule has 32 heavy (non-hydrogen) atoms. The van der Waals surface area contributed by atoms with Crippen LogP contribution in [0.25, 0.3) is 0 Å². The number of ether oxygens (including phenoxy) is 3. The van der Waals surface area contributed by atoms with Crippen LogP contribution in [0.5, 0.6) is 11.5 Å². The quantitative estimate of drug-likeness (QED) is 0.148. The van der Waals surface area contributed by atoms with E-state index in [1.807, 2.05) is 23.5 Å². The summed E-state index contributed by atoms with van der Waals surface area (Å²) in [6.07, 6.45) is 5.04. The first-order valence-corrected chi connectivity index (χ1v) is 17.4. The Morgan fingerprint density at radius 2 is 1.62 bits per heavy atom. The molecular weight excluding hydrogens is 458 g/mol. The summed E-state index contributed by atoms with van der Waals surface area (Å²) in [7, 11) is 2.18. The molecule has 0 unspecified atom stereocenters. The molecule has 1 rings (SSSR count). The van der Waals surface area contributed by atoms with Gasteiger partial charge in [0.2, 0.25) is 0 Å². The van der Waals surface area contributed by atoms with E-state index in [2.05, 4.69) is 44.9 Å². The van der Waals surface area contributed by atoms with Crippen molar-refractivity contribution in [3.05, 3.63) is 11.6 Å². The largest absolute Gasteiger partial charge is 0.493 e. The van der Waals surface area contributed by atoms with Crippen LogP contribution < -0.4 is 14.8 Å². The highest BCUT2D eigenvalue weighted by atomic mass is 32.2. The maximum absolute atomic E-state index is 12.1. The minimum absolute atomic E-state index is 0.332. The van der Waals surface area contributed by atoms with E-state index < -0.39 is 8.07 Å². The van der Waals surface area contributed by atoms with Gasteiger partial charge in [-0.05, 0) is 48.4 Å². The summed E-state index contributed by atoms with van der Waals surface area (Å²) in [6, 6.07) is 3.04. The third kappa shape index (κ3) is 10.7. The lowest BCUT2D eigenvalue weighted by molar-refractivity contribution is 0.152. The Labute approximate surface area is 205 Å². The zero-order valence-electron chi connectivity index (χ0n) is 21.1. The predicted molar refractivity (Wildman–Crippen MR) is 142 cm³/mol. The van der Waals surface area contributed by atoms with Crippen molar-refractivity contribution in [2.24, 2.45) is 0 Å². The molecule has 0 aliphatic rings. The molecule has 0 bridgehead atoms. The number of hydrogen-bond acceptors (Lipinski definition) is 6. The molecule has 1 amide bonds. The highest BCUT2D eigenvalue weighted by molar-refractivity contribution is 8.02. The SMILES string of the molecule is CCCCSc1c(CCNC(=O)OCC[Si](C)(C)C)cc(OC)c(OC)c1SCCCC. The highest BCUT2D eigenvalue weighted by Crippen LogP contribution is 2.46. The molecule has 0 saturated heterocycles. The fourth-order valence-corrected chi connectivity index (χ4v) is 6.40. The van der Waals surface area contributed by atoms with Crippen LogP contribution in [0.4, 0.5) is 4.79 Å². The van der Waals surface area contributed by atoms with Gasteiger partial charge in [0.1, 0.15) is 0 Å². The fourth-order valence-electron chi connectivity index (χ4n) is 2.91. The lowest BCUT2D eigenvalue weighted by atomic mass is 10.1. The first-order chi connectivity index (χ1) is 15.3. The Kier molecular flexibility index (Phi) is 14.3. The molecule has 0 radical (unpaired) electrons. The maximum atomic E-state index is 12.1. The summed E-state index contributed by atoms with van der Waals surface area (Å²) in [5.41, 5.74) is 1.19. The first kappa shape index (κ1) is 29.0. The predicted octanol–water partition coefficient (Wildman–Crippen LogP) is 7.10. The molecule has 0 heterocycles. The third-order valence-corrected chi connectivity index (χ3v) is 9.15. The van der Waals surface area contributed by atoms with Crippen LogP contribution in [0, 0.1) is 0 Å². The lowest BCUT2D eigenvalue weighted by Crippen LogP contribution is -2.29. The molecule has 184 valence electrons. The Balaban J connectivity index is 2.98. The number of benzene rings is 1. The number of rotatable bonds is 16. The van der Waals surface area contributed by atoms with Crippen LogP contribution in [-0.4, -0.2) is 53.0 Å². The van der Waals surface area contributed by atoms with Gasteiger partial charge in [-0.3, -0.25) is 0 Å². The number of amides is 1. The van der Waals surface area contributed by atoms with E-state index in [1.165, 1.54) is 23.3 Å². The molecular formula is C24H43NO4S2Si. The molecule has 0 spiro atoms. The molecule has 0 aliphatic heterocycles.